The number of carbonyl (C=O) groups is 1. The van der Waals surface area contributed by atoms with Crippen molar-refractivity contribution < 1.29 is 14.6 Å². The Morgan fingerprint density at radius 2 is 2.25 bits per heavy atom. The molecule has 1 heterocycles. The molecule has 0 aliphatic carbocycles. The van der Waals surface area contributed by atoms with Crippen molar-refractivity contribution in [1.82, 2.24) is 0 Å². The van der Waals surface area contributed by atoms with Crippen LogP contribution in [0.5, 0.6) is 5.75 Å². The minimum Gasteiger partial charge on any atom is -0.482 e. The lowest BCUT2D eigenvalue weighted by molar-refractivity contribution is 0.0378. The van der Waals surface area contributed by atoms with E-state index in [-0.39, 0.29) is 5.78 Å². The predicted molar refractivity (Wildman–Crippen MR) is 63.7 cm³/mol. The lowest BCUT2D eigenvalue weighted by atomic mass is 9.98. The Kier molecular flexibility index (Phi) is 3.12. The van der Waals surface area contributed by atoms with Crippen LogP contribution in [0.15, 0.2) is 34.8 Å². The van der Waals surface area contributed by atoms with Crippen LogP contribution in [-0.4, -0.2) is 23.1 Å². The van der Waals surface area contributed by atoms with Crippen LogP contribution < -0.4 is 4.74 Å². The summed E-state index contributed by atoms with van der Waals surface area (Å²) in [6.07, 6.45) is 1.71. The molecule has 1 N–H and O–H groups in total. The van der Waals surface area contributed by atoms with Crippen LogP contribution in [0.4, 0.5) is 0 Å². The van der Waals surface area contributed by atoms with Crippen LogP contribution in [0.3, 0.4) is 0 Å². The Morgan fingerprint density at radius 1 is 1.50 bits per heavy atom. The number of halogens is 1. The lowest BCUT2D eigenvalue weighted by Crippen LogP contribution is -2.41. The number of hydrogen-bond donors (Lipinski definition) is 1. The zero-order valence-corrected chi connectivity index (χ0v) is 10.3. The quantitative estimate of drug-likeness (QED) is 0.805. The molecule has 2 rings (SSSR count). The SMILES string of the molecule is C/C=C\C1Oc2ccc(Br)cc2C(=O)C1O. The summed E-state index contributed by atoms with van der Waals surface area (Å²) in [4.78, 5) is 11.9. The van der Waals surface area contributed by atoms with E-state index >= 15 is 0 Å². The topological polar surface area (TPSA) is 46.5 Å². The average molecular weight is 283 g/mol. The second kappa shape index (κ2) is 4.39. The fraction of sp³-hybridized carbons (Fsp3) is 0.250. The molecule has 84 valence electrons. The summed E-state index contributed by atoms with van der Waals surface area (Å²) >= 11 is 3.28. The largest absolute Gasteiger partial charge is 0.482 e. The molecule has 0 amide bonds. The van der Waals surface area contributed by atoms with E-state index in [1.54, 1.807) is 30.4 Å². The molecule has 0 radical (unpaired) electrons. The molecule has 2 unspecified atom stereocenters. The number of fused-ring (bicyclic) bond motifs is 1. The van der Waals surface area contributed by atoms with Crippen molar-refractivity contribution in [2.75, 3.05) is 0 Å². The van der Waals surface area contributed by atoms with Crippen molar-refractivity contribution in [1.29, 1.82) is 0 Å². The van der Waals surface area contributed by atoms with Gasteiger partial charge in [0.05, 0.1) is 5.56 Å². The van der Waals surface area contributed by atoms with E-state index in [1.165, 1.54) is 0 Å². The van der Waals surface area contributed by atoms with Gasteiger partial charge in [-0.2, -0.15) is 0 Å². The Morgan fingerprint density at radius 3 is 2.94 bits per heavy atom. The predicted octanol–water partition coefficient (Wildman–Crippen LogP) is 2.33. The number of ketones is 1. The molecular weight excluding hydrogens is 272 g/mol. The molecule has 0 bridgehead atoms. The first kappa shape index (κ1) is 11.4. The molecule has 0 aromatic heterocycles. The van der Waals surface area contributed by atoms with E-state index in [0.717, 1.165) is 4.47 Å². The van der Waals surface area contributed by atoms with Crippen molar-refractivity contribution in [3.63, 3.8) is 0 Å². The van der Waals surface area contributed by atoms with E-state index in [2.05, 4.69) is 15.9 Å². The van der Waals surface area contributed by atoms with Crippen molar-refractivity contribution in [3.8, 4) is 5.75 Å². The number of aliphatic hydroxyl groups excluding tert-OH is 1. The molecule has 0 spiro atoms. The first-order valence-electron chi connectivity index (χ1n) is 4.95. The highest BCUT2D eigenvalue weighted by Gasteiger charge is 2.34. The maximum absolute atomic E-state index is 11.9. The van der Waals surface area contributed by atoms with E-state index in [1.807, 2.05) is 6.92 Å². The van der Waals surface area contributed by atoms with Gasteiger partial charge in [-0.05, 0) is 31.2 Å². The summed E-state index contributed by atoms with van der Waals surface area (Å²) in [5, 5.41) is 9.77. The zero-order chi connectivity index (χ0) is 11.7. The first-order chi connectivity index (χ1) is 7.63. The minimum absolute atomic E-state index is 0.300. The van der Waals surface area contributed by atoms with Gasteiger partial charge < -0.3 is 9.84 Å². The van der Waals surface area contributed by atoms with Crippen LogP contribution in [-0.2, 0) is 0 Å². The summed E-state index contributed by atoms with van der Waals surface area (Å²) in [6, 6.07) is 5.18. The summed E-state index contributed by atoms with van der Waals surface area (Å²) in [5.41, 5.74) is 0.419. The summed E-state index contributed by atoms with van der Waals surface area (Å²) in [6.45, 7) is 1.82. The van der Waals surface area contributed by atoms with Crippen LogP contribution >= 0.6 is 15.9 Å². The third-order valence-electron chi connectivity index (χ3n) is 2.43. The molecule has 0 fully saturated rings. The fourth-order valence-corrected chi connectivity index (χ4v) is 2.01. The van der Waals surface area contributed by atoms with Crippen molar-refractivity contribution >= 4 is 21.7 Å². The van der Waals surface area contributed by atoms with Gasteiger partial charge in [-0.25, -0.2) is 0 Å². The molecule has 0 saturated carbocycles. The van der Waals surface area contributed by atoms with E-state index in [9.17, 15) is 9.90 Å². The molecule has 3 nitrogen and oxygen atoms in total. The first-order valence-corrected chi connectivity index (χ1v) is 5.74. The number of carbonyl (C=O) groups excluding carboxylic acids is 1. The minimum atomic E-state index is -1.13. The fourth-order valence-electron chi connectivity index (χ4n) is 1.65. The zero-order valence-electron chi connectivity index (χ0n) is 8.68. The summed E-state index contributed by atoms with van der Waals surface area (Å²) < 4.78 is 6.32. The van der Waals surface area contributed by atoms with Crippen molar-refractivity contribution in [2.24, 2.45) is 0 Å². The van der Waals surface area contributed by atoms with E-state index < -0.39 is 12.2 Å². The maximum Gasteiger partial charge on any atom is 0.199 e. The van der Waals surface area contributed by atoms with Crippen LogP contribution in [0, 0.1) is 0 Å². The number of allylic oxidation sites excluding steroid dienone is 1. The highest BCUT2D eigenvalue weighted by Crippen LogP contribution is 2.30. The Bertz CT molecular complexity index is 454. The summed E-state index contributed by atoms with van der Waals surface area (Å²) in [5.74, 6) is 0.215. The molecular formula is C12H11BrO3. The van der Waals surface area contributed by atoms with Crippen LogP contribution in [0.2, 0.25) is 0 Å². The highest BCUT2D eigenvalue weighted by molar-refractivity contribution is 9.10. The van der Waals surface area contributed by atoms with Gasteiger partial charge in [-0.15, -0.1) is 0 Å². The number of rotatable bonds is 1. The Balaban J connectivity index is 2.44. The second-order valence-electron chi connectivity index (χ2n) is 3.56. The Labute approximate surface area is 102 Å². The van der Waals surface area contributed by atoms with Crippen molar-refractivity contribution in [3.05, 3.63) is 40.4 Å². The van der Waals surface area contributed by atoms with Gasteiger partial charge in [-0.3, -0.25) is 4.79 Å². The number of ether oxygens (including phenoxy) is 1. The molecule has 1 aliphatic rings. The van der Waals surface area contributed by atoms with Gasteiger partial charge in [0.2, 0.25) is 0 Å². The third-order valence-corrected chi connectivity index (χ3v) is 2.93. The van der Waals surface area contributed by atoms with Gasteiger partial charge in [0.25, 0.3) is 0 Å². The lowest BCUT2D eigenvalue weighted by Gasteiger charge is -2.27. The van der Waals surface area contributed by atoms with Crippen molar-refractivity contribution in [2.45, 2.75) is 19.1 Å². The van der Waals surface area contributed by atoms with Gasteiger partial charge in [0.1, 0.15) is 5.75 Å². The molecule has 1 aromatic carbocycles. The van der Waals surface area contributed by atoms with E-state index in [4.69, 9.17) is 4.74 Å². The maximum atomic E-state index is 11.9. The number of benzene rings is 1. The van der Waals surface area contributed by atoms with Crippen LogP contribution in [0.25, 0.3) is 0 Å². The number of Topliss-reactive ketones (excluding diaryl/α,β-unsaturated/α-hetero) is 1. The molecule has 1 aliphatic heterocycles. The number of hydrogen-bond acceptors (Lipinski definition) is 3. The summed E-state index contributed by atoms with van der Waals surface area (Å²) in [7, 11) is 0. The Hall–Kier alpha value is -1.13. The standard InChI is InChI=1S/C12H11BrO3/c1-2-3-10-12(15)11(14)8-6-7(13)4-5-9(8)16-10/h2-6,10,12,15H,1H3/b3-2-. The molecule has 1 aromatic rings. The van der Waals surface area contributed by atoms with Gasteiger partial charge in [-0.1, -0.05) is 22.0 Å². The smallest absolute Gasteiger partial charge is 0.199 e. The monoisotopic (exact) mass is 282 g/mol. The molecule has 0 saturated heterocycles. The van der Waals surface area contributed by atoms with E-state index in [0.29, 0.717) is 11.3 Å². The van der Waals surface area contributed by atoms with Gasteiger partial charge in [0.15, 0.2) is 18.0 Å². The van der Waals surface area contributed by atoms with Gasteiger partial charge in [0, 0.05) is 4.47 Å². The third kappa shape index (κ3) is 1.90. The van der Waals surface area contributed by atoms with Gasteiger partial charge >= 0.3 is 0 Å². The highest BCUT2D eigenvalue weighted by atomic mass is 79.9. The molecule has 16 heavy (non-hydrogen) atoms. The van der Waals surface area contributed by atoms with Crippen LogP contribution in [0.1, 0.15) is 17.3 Å². The molecule has 2 atom stereocenters. The average Bonchev–Trinajstić information content (AvgIpc) is 2.27. The normalized spacial score (nSPS) is 24.3. The number of aliphatic hydroxyl groups is 1. The second-order valence-corrected chi connectivity index (χ2v) is 4.47. The molecule has 4 heteroatoms.